The maximum Gasteiger partial charge on any atom is 0.573 e. The Morgan fingerprint density at radius 1 is 1.29 bits per heavy atom. The number of likely N-dealkylation sites (tertiary alicyclic amines) is 1. The van der Waals surface area contributed by atoms with E-state index in [4.69, 9.17) is 4.74 Å². The van der Waals surface area contributed by atoms with E-state index < -0.39 is 24.3 Å². The van der Waals surface area contributed by atoms with E-state index in [1.165, 1.54) is 6.08 Å². The quantitative estimate of drug-likeness (QED) is 0.358. The fourth-order valence-corrected chi connectivity index (χ4v) is 3.87. The lowest BCUT2D eigenvalue weighted by Gasteiger charge is -2.29. The first-order valence-corrected chi connectivity index (χ1v) is 11.1. The third-order valence-electron chi connectivity index (χ3n) is 5.61. The summed E-state index contributed by atoms with van der Waals surface area (Å²) in [7, 11) is 1.58. The van der Waals surface area contributed by atoms with Crippen LogP contribution in [0.1, 0.15) is 43.4 Å². The minimum absolute atomic E-state index is 0.0723. The molecule has 1 aliphatic rings. The van der Waals surface area contributed by atoms with Crippen molar-refractivity contribution in [3.63, 3.8) is 0 Å². The number of aliphatic hydroxyl groups excluding tert-OH is 1. The summed E-state index contributed by atoms with van der Waals surface area (Å²) < 4.78 is 45.9. The molecule has 0 bridgehead atoms. The molecule has 1 amide bonds. The summed E-state index contributed by atoms with van der Waals surface area (Å²) in [4.78, 5) is 15.0. The van der Waals surface area contributed by atoms with Crippen molar-refractivity contribution in [1.82, 2.24) is 10.2 Å². The number of halogens is 3. The van der Waals surface area contributed by atoms with Gasteiger partial charge in [0.25, 0.3) is 0 Å². The van der Waals surface area contributed by atoms with E-state index in [0.717, 1.165) is 37.6 Å². The second kappa shape index (κ2) is 12.6. The molecule has 1 saturated heterocycles. The maximum atomic E-state index is 12.8. The number of carbonyl (C=O) groups excluding carboxylic acids is 1. The highest BCUT2D eigenvalue weighted by Crippen LogP contribution is 2.26. The fraction of sp³-hybridized carbons (Fsp3) is 0.480. The number of carbonyl (C=O) groups is 1. The van der Waals surface area contributed by atoms with Crippen molar-refractivity contribution < 1.29 is 32.5 Å². The van der Waals surface area contributed by atoms with Gasteiger partial charge in [0.2, 0.25) is 5.91 Å². The number of hydrogen-bond acceptors (Lipinski definition) is 5. The molecule has 188 valence electrons. The summed E-state index contributed by atoms with van der Waals surface area (Å²) in [6.45, 7) is 9.03. The molecule has 1 aromatic rings. The van der Waals surface area contributed by atoms with Crippen molar-refractivity contribution in [3.8, 4) is 5.75 Å². The molecule has 6 nitrogen and oxygen atoms in total. The van der Waals surface area contributed by atoms with E-state index >= 15 is 0 Å². The number of nitrogens with zero attached hydrogens (tertiary/aromatic N) is 1. The summed E-state index contributed by atoms with van der Waals surface area (Å²) in [6.07, 6.45) is 0.323. The van der Waals surface area contributed by atoms with Gasteiger partial charge in [-0.05, 0) is 74.7 Å². The Morgan fingerprint density at radius 2 is 1.97 bits per heavy atom. The molecule has 0 radical (unpaired) electrons. The molecule has 1 aliphatic heterocycles. The van der Waals surface area contributed by atoms with Crippen molar-refractivity contribution in [3.05, 3.63) is 65.5 Å². The van der Waals surface area contributed by atoms with E-state index in [2.05, 4.69) is 21.5 Å². The van der Waals surface area contributed by atoms with Crippen LogP contribution in [-0.2, 0) is 9.53 Å². The fourth-order valence-electron chi connectivity index (χ4n) is 3.87. The van der Waals surface area contributed by atoms with Crippen LogP contribution in [0.5, 0.6) is 5.75 Å². The second-order valence-electron chi connectivity index (χ2n) is 8.24. The van der Waals surface area contributed by atoms with Crippen LogP contribution >= 0.6 is 0 Å². The zero-order chi connectivity index (χ0) is 25.3. The molecule has 0 spiro atoms. The second-order valence-corrected chi connectivity index (χ2v) is 8.24. The highest BCUT2D eigenvalue weighted by atomic mass is 19.4. The van der Waals surface area contributed by atoms with Crippen LogP contribution in [0.3, 0.4) is 0 Å². The summed E-state index contributed by atoms with van der Waals surface area (Å²) in [5.41, 5.74) is 2.02. The van der Waals surface area contributed by atoms with Crippen LogP contribution in [0, 0.1) is 6.92 Å². The van der Waals surface area contributed by atoms with Gasteiger partial charge < -0.3 is 24.8 Å². The Kier molecular flexibility index (Phi) is 10.2. The maximum absolute atomic E-state index is 12.8. The Labute approximate surface area is 198 Å². The average molecular weight is 483 g/mol. The predicted molar refractivity (Wildman–Crippen MR) is 124 cm³/mol. The number of aryl methyl sites for hydroxylation is 1. The van der Waals surface area contributed by atoms with Gasteiger partial charge in [-0.15, -0.1) is 13.2 Å². The van der Waals surface area contributed by atoms with Crippen molar-refractivity contribution in [2.75, 3.05) is 26.7 Å². The Hall–Kier alpha value is -2.78. The molecule has 34 heavy (non-hydrogen) atoms. The normalized spacial score (nSPS) is 17.0. The van der Waals surface area contributed by atoms with E-state index in [1.54, 1.807) is 32.2 Å². The minimum atomic E-state index is -4.83. The van der Waals surface area contributed by atoms with Gasteiger partial charge in [0.15, 0.2) is 0 Å². The highest BCUT2D eigenvalue weighted by molar-refractivity contribution is 5.79. The average Bonchev–Trinajstić information content (AvgIpc) is 3.27. The van der Waals surface area contributed by atoms with E-state index in [1.807, 2.05) is 13.0 Å². The van der Waals surface area contributed by atoms with Crippen molar-refractivity contribution in [2.24, 2.45) is 0 Å². The van der Waals surface area contributed by atoms with E-state index in [9.17, 15) is 23.1 Å². The molecular weight excluding hydrogens is 449 g/mol. The zero-order valence-corrected chi connectivity index (χ0v) is 19.8. The third-order valence-corrected chi connectivity index (χ3v) is 5.61. The molecule has 1 heterocycles. The SMILES string of the molecule is C=C(/C=C\C(=C/C)CC(=O)N[C@H](CN1CCCC1)[C@H](O)c1ccc(OC)c(C)c1)OC(F)(F)F. The topological polar surface area (TPSA) is 71.0 Å². The summed E-state index contributed by atoms with van der Waals surface area (Å²) in [6, 6.07) is 4.82. The van der Waals surface area contributed by atoms with Gasteiger partial charge in [-0.1, -0.05) is 24.8 Å². The number of allylic oxidation sites excluding steroid dienone is 3. The van der Waals surface area contributed by atoms with Crippen LogP contribution in [-0.4, -0.2) is 55.1 Å². The van der Waals surface area contributed by atoms with Crippen molar-refractivity contribution >= 4 is 5.91 Å². The summed E-state index contributed by atoms with van der Waals surface area (Å²) in [5.74, 6) is -0.227. The first-order chi connectivity index (χ1) is 16.0. The van der Waals surface area contributed by atoms with Crippen LogP contribution < -0.4 is 10.1 Å². The van der Waals surface area contributed by atoms with Gasteiger partial charge in [-0.3, -0.25) is 4.79 Å². The predicted octanol–water partition coefficient (Wildman–Crippen LogP) is 4.56. The van der Waals surface area contributed by atoms with E-state index in [-0.39, 0.29) is 12.3 Å². The molecule has 2 rings (SSSR count). The molecule has 2 atom stereocenters. The highest BCUT2D eigenvalue weighted by Gasteiger charge is 2.31. The minimum Gasteiger partial charge on any atom is -0.496 e. The number of ether oxygens (including phenoxy) is 2. The number of amides is 1. The number of hydrogen-bond donors (Lipinski definition) is 2. The van der Waals surface area contributed by atoms with Gasteiger partial charge in [0.1, 0.15) is 17.6 Å². The van der Waals surface area contributed by atoms with E-state index in [0.29, 0.717) is 23.4 Å². The Morgan fingerprint density at radius 3 is 2.53 bits per heavy atom. The zero-order valence-electron chi connectivity index (χ0n) is 19.8. The molecule has 9 heteroatoms. The molecular formula is C25H33F3N2O4. The van der Waals surface area contributed by atoms with Crippen LogP contribution in [0.4, 0.5) is 13.2 Å². The first kappa shape index (κ1) is 27.5. The Bertz CT molecular complexity index is 906. The molecule has 0 aromatic heterocycles. The van der Waals surface area contributed by atoms with Crippen LogP contribution in [0.15, 0.2) is 54.3 Å². The van der Waals surface area contributed by atoms with Crippen LogP contribution in [0.2, 0.25) is 0 Å². The molecule has 1 aromatic carbocycles. The summed E-state index contributed by atoms with van der Waals surface area (Å²) in [5, 5.41) is 14.0. The lowest BCUT2D eigenvalue weighted by Crippen LogP contribution is -2.46. The Balaban J connectivity index is 2.09. The van der Waals surface area contributed by atoms with Gasteiger partial charge in [0, 0.05) is 6.54 Å². The molecule has 0 aliphatic carbocycles. The molecule has 2 N–H and O–H groups in total. The number of nitrogens with one attached hydrogen (secondary N) is 1. The standard InChI is InChI=1S/C25H33F3N2O4/c1-5-19(9-8-18(3)34-25(26,27)28)15-23(31)29-21(16-30-12-6-7-13-30)24(32)20-10-11-22(33-4)17(2)14-20/h5,8-11,14,21,24,32H,3,6-7,12-13,15-16H2,1-2,4H3,(H,29,31)/b9-8-,19-5+/t21-,24-/m1/s1. The number of rotatable bonds is 11. The third kappa shape index (κ3) is 8.87. The van der Waals surface area contributed by atoms with Gasteiger partial charge in [0.05, 0.1) is 19.6 Å². The largest absolute Gasteiger partial charge is 0.573 e. The van der Waals surface area contributed by atoms with Gasteiger partial charge in [-0.2, -0.15) is 0 Å². The monoisotopic (exact) mass is 482 g/mol. The number of aliphatic hydroxyl groups is 1. The van der Waals surface area contributed by atoms with Crippen molar-refractivity contribution in [1.29, 1.82) is 0 Å². The molecule has 0 saturated carbocycles. The first-order valence-electron chi connectivity index (χ1n) is 11.1. The lowest BCUT2D eigenvalue weighted by atomic mass is 9.99. The number of benzene rings is 1. The van der Waals surface area contributed by atoms with Crippen LogP contribution in [0.25, 0.3) is 0 Å². The van der Waals surface area contributed by atoms with Gasteiger partial charge >= 0.3 is 6.36 Å². The number of alkyl halides is 3. The number of methoxy groups -OCH3 is 1. The van der Waals surface area contributed by atoms with Crippen molar-refractivity contribution in [2.45, 2.75) is 51.6 Å². The molecule has 0 unspecified atom stereocenters. The van der Waals surface area contributed by atoms with Gasteiger partial charge in [-0.25, -0.2) is 0 Å². The molecule has 1 fully saturated rings. The summed E-state index contributed by atoms with van der Waals surface area (Å²) >= 11 is 0. The lowest BCUT2D eigenvalue weighted by molar-refractivity contribution is -0.303. The smallest absolute Gasteiger partial charge is 0.496 e.